The zero-order valence-corrected chi connectivity index (χ0v) is 21.4. The van der Waals surface area contributed by atoms with E-state index in [0.29, 0.717) is 33.1 Å². The van der Waals surface area contributed by atoms with E-state index in [-0.39, 0.29) is 22.0 Å². The van der Waals surface area contributed by atoms with Crippen molar-refractivity contribution in [2.45, 2.75) is 18.9 Å². The molecule has 1 aliphatic heterocycles. The second-order valence-electron chi connectivity index (χ2n) is 8.48. The van der Waals surface area contributed by atoms with E-state index in [1.54, 1.807) is 18.2 Å². The average Bonchev–Trinajstić information content (AvgIpc) is 3.36. The minimum atomic E-state index is -5.07. The standard InChI is InChI=1S/C24H17ClF6N4O3S/c1-33(21(37)24(29,30)31)6-7-34-20(36)19(39-22(34)38)9-13-2-5-18-15(8-13)11-32-35(18)12-14-3-4-16(25)10-17(14)23(26,27)28/h2-5,8-11H,6-7,12H2,1H3. The predicted octanol–water partition coefficient (Wildman–Crippen LogP) is 5.81. The summed E-state index contributed by atoms with van der Waals surface area (Å²) in [6.07, 6.45) is -6.83. The summed E-state index contributed by atoms with van der Waals surface area (Å²) in [6, 6.07) is 8.28. The summed E-state index contributed by atoms with van der Waals surface area (Å²) in [6.45, 7) is -1.10. The molecular weight excluding hydrogens is 574 g/mol. The van der Waals surface area contributed by atoms with E-state index in [1.807, 2.05) is 0 Å². The lowest BCUT2D eigenvalue weighted by Crippen LogP contribution is -2.43. The maximum atomic E-state index is 13.5. The number of carbonyl (C=O) groups excluding carboxylic acids is 3. The number of imide groups is 1. The van der Waals surface area contributed by atoms with Crippen LogP contribution >= 0.6 is 23.4 Å². The zero-order chi connectivity index (χ0) is 28.7. The molecule has 2 aromatic carbocycles. The molecule has 2 heterocycles. The van der Waals surface area contributed by atoms with Crippen LogP contribution in [0.1, 0.15) is 16.7 Å². The van der Waals surface area contributed by atoms with Gasteiger partial charge in [-0.3, -0.25) is 24.0 Å². The van der Waals surface area contributed by atoms with Crippen molar-refractivity contribution in [2.75, 3.05) is 20.1 Å². The van der Waals surface area contributed by atoms with Gasteiger partial charge in [0, 0.05) is 30.5 Å². The normalized spacial score (nSPS) is 15.6. The Hall–Kier alpha value is -3.52. The van der Waals surface area contributed by atoms with Gasteiger partial charge in [0.15, 0.2) is 0 Å². The Kier molecular flexibility index (Phi) is 7.72. The fraction of sp³-hybridized carbons (Fsp3) is 0.250. The summed E-state index contributed by atoms with van der Waals surface area (Å²) in [4.78, 5) is 37.4. The molecule has 0 aliphatic carbocycles. The van der Waals surface area contributed by atoms with E-state index < -0.39 is 48.1 Å². The molecule has 0 saturated carbocycles. The lowest BCUT2D eigenvalue weighted by atomic mass is 10.1. The number of carbonyl (C=O) groups is 3. The number of nitrogens with zero attached hydrogens (tertiary/aromatic N) is 4. The Morgan fingerprint density at radius 1 is 1.10 bits per heavy atom. The van der Waals surface area contributed by atoms with Gasteiger partial charge in [0.2, 0.25) is 0 Å². The molecule has 0 spiro atoms. The van der Waals surface area contributed by atoms with Gasteiger partial charge in [-0.25, -0.2) is 0 Å². The highest BCUT2D eigenvalue weighted by atomic mass is 35.5. The van der Waals surface area contributed by atoms with Gasteiger partial charge in [0.05, 0.1) is 28.7 Å². The van der Waals surface area contributed by atoms with Crippen molar-refractivity contribution in [3.05, 3.63) is 69.2 Å². The number of amides is 3. The number of alkyl halides is 6. The summed E-state index contributed by atoms with van der Waals surface area (Å²) in [5.74, 6) is -2.82. The monoisotopic (exact) mass is 590 g/mol. The van der Waals surface area contributed by atoms with Crippen molar-refractivity contribution < 1.29 is 40.7 Å². The molecule has 1 aromatic heterocycles. The molecule has 1 aliphatic rings. The van der Waals surface area contributed by atoms with Gasteiger partial charge in [0.25, 0.3) is 11.1 Å². The van der Waals surface area contributed by atoms with Gasteiger partial charge in [-0.05, 0) is 53.2 Å². The molecule has 0 bridgehead atoms. The summed E-state index contributed by atoms with van der Waals surface area (Å²) >= 11 is 6.34. The van der Waals surface area contributed by atoms with E-state index in [9.17, 15) is 40.7 Å². The maximum Gasteiger partial charge on any atom is 0.471 e. The molecule has 0 unspecified atom stereocenters. The van der Waals surface area contributed by atoms with Crippen molar-refractivity contribution in [3.8, 4) is 0 Å². The third-order valence-electron chi connectivity index (χ3n) is 5.78. The molecule has 3 amide bonds. The van der Waals surface area contributed by atoms with Crippen LogP contribution in [0.2, 0.25) is 5.02 Å². The van der Waals surface area contributed by atoms with E-state index in [0.717, 1.165) is 18.0 Å². The SMILES string of the molecule is CN(CCN1C(=O)SC(=Cc2ccc3c(cnn3Cc3ccc(Cl)cc3C(F)(F)F)c2)C1=O)C(=O)C(F)(F)F. The van der Waals surface area contributed by atoms with Crippen LogP contribution in [0.3, 0.4) is 0 Å². The molecule has 4 rings (SSSR count). The number of hydrogen-bond donors (Lipinski definition) is 0. The van der Waals surface area contributed by atoms with Gasteiger partial charge < -0.3 is 4.90 Å². The predicted molar refractivity (Wildman–Crippen MR) is 132 cm³/mol. The number of fused-ring (bicyclic) bond motifs is 1. The fourth-order valence-corrected chi connectivity index (χ4v) is 4.88. The molecular formula is C24H17ClF6N4O3S. The minimum absolute atomic E-state index is 0.0209. The highest BCUT2D eigenvalue weighted by Gasteiger charge is 2.42. The number of rotatable bonds is 6. The van der Waals surface area contributed by atoms with Crippen molar-refractivity contribution >= 4 is 57.4 Å². The molecule has 206 valence electrons. The third-order valence-corrected chi connectivity index (χ3v) is 6.93. The Labute approximate surface area is 226 Å². The van der Waals surface area contributed by atoms with E-state index >= 15 is 0 Å². The average molecular weight is 591 g/mol. The Morgan fingerprint density at radius 2 is 1.82 bits per heavy atom. The molecule has 0 radical (unpaired) electrons. The van der Waals surface area contributed by atoms with Crippen LogP contribution in [-0.4, -0.2) is 62.9 Å². The Bertz CT molecular complexity index is 1500. The Balaban J connectivity index is 1.51. The second-order valence-corrected chi connectivity index (χ2v) is 9.91. The first-order chi connectivity index (χ1) is 18.1. The Morgan fingerprint density at radius 3 is 2.49 bits per heavy atom. The fourth-order valence-electron chi connectivity index (χ4n) is 3.85. The van der Waals surface area contributed by atoms with Crippen molar-refractivity contribution in [3.63, 3.8) is 0 Å². The molecule has 3 aromatic rings. The molecule has 15 heteroatoms. The first-order valence-corrected chi connectivity index (χ1v) is 12.2. The van der Waals surface area contributed by atoms with Gasteiger partial charge in [-0.1, -0.05) is 23.7 Å². The smallest absolute Gasteiger partial charge is 0.336 e. The van der Waals surface area contributed by atoms with Gasteiger partial charge in [0.1, 0.15) is 0 Å². The van der Waals surface area contributed by atoms with Crippen molar-refractivity contribution in [1.29, 1.82) is 0 Å². The molecule has 0 atom stereocenters. The van der Waals surface area contributed by atoms with Gasteiger partial charge in [-0.2, -0.15) is 31.4 Å². The van der Waals surface area contributed by atoms with Crippen LogP contribution < -0.4 is 0 Å². The summed E-state index contributed by atoms with van der Waals surface area (Å²) < 4.78 is 79.4. The van der Waals surface area contributed by atoms with Crippen LogP contribution in [0, 0.1) is 0 Å². The molecule has 1 fully saturated rings. The number of halogens is 7. The van der Waals surface area contributed by atoms with Crippen LogP contribution in [0.5, 0.6) is 0 Å². The molecule has 7 nitrogen and oxygen atoms in total. The maximum absolute atomic E-state index is 13.5. The highest BCUT2D eigenvalue weighted by molar-refractivity contribution is 8.18. The molecule has 0 N–H and O–H groups in total. The van der Waals surface area contributed by atoms with Crippen LogP contribution in [0.4, 0.5) is 31.1 Å². The lowest BCUT2D eigenvalue weighted by Gasteiger charge is -2.21. The van der Waals surface area contributed by atoms with E-state index in [1.165, 1.54) is 29.1 Å². The number of likely N-dealkylation sites (N-methyl/N-ethyl adjacent to an activating group) is 1. The van der Waals surface area contributed by atoms with Gasteiger partial charge in [-0.15, -0.1) is 0 Å². The minimum Gasteiger partial charge on any atom is -0.336 e. The van der Waals surface area contributed by atoms with E-state index in [4.69, 9.17) is 11.6 Å². The highest BCUT2D eigenvalue weighted by Crippen LogP contribution is 2.35. The van der Waals surface area contributed by atoms with Crippen LogP contribution in [-0.2, 0) is 22.3 Å². The topological polar surface area (TPSA) is 75.5 Å². The first kappa shape index (κ1) is 28.5. The number of thioether (sulfide) groups is 1. The first-order valence-electron chi connectivity index (χ1n) is 11.0. The van der Waals surface area contributed by atoms with Crippen molar-refractivity contribution in [2.24, 2.45) is 0 Å². The van der Waals surface area contributed by atoms with Crippen LogP contribution in [0.15, 0.2) is 47.5 Å². The summed E-state index contributed by atoms with van der Waals surface area (Å²) in [7, 11) is 0.914. The van der Waals surface area contributed by atoms with Gasteiger partial charge >= 0.3 is 18.3 Å². The lowest BCUT2D eigenvalue weighted by molar-refractivity contribution is -0.184. The summed E-state index contributed by atoms with van der Waals surface area (Å²) in [5.41, 5.74) is 0.0947. The largest absolute Gasteiger partial charge is 0.471 e. The second kappa shape index (κ2) is 10.6. The van der Waals surface area contributed by atoms with Crippen LogP contribution in [0.25, 0.3) is 17.0 Å². The third kappa shape index (κ3) is 6.22. The summed E-state index contributed by atoms with van der Waals surface area (Å²) in [5, 5.41) is 3.98. The van der Waals surface area contributed by atoms with Crippen molar-refractivity contribution in [1.82, 2.24) is 19.6 Å². The number of hydrogen-bond acceptors (Lipinski definition) is 5. The zero-order valence-electron chi connectivity index (χ0n) is 19.8. The number of benzene rings is 2. The van der Waals surface area contributed by atoms with E-state index in [2.05, 4.69) is 5.10 Å². The number of aromatic nitrogens is 2. The molecule has 39 heavy (non-hydrogen) atoms. The molecule has 1 saturated heterocycles. The quantitative estimate of drug-likeness (QED) is 0.267.